The van der Waals surface area contributed by atoms with Crippen molar-refractivity contribution in [3.8, 4) is 0 Å². The second kappa shape index (κ2) is 5.33. The molecule has 1 saturated carbocycles. The van der Waals surface area contributed by atoms with Crippen LogP contribution in [0.3, 0.4) is 0 Å². The maximum Gasteiger partial charge on any atom is 0.132 e. The van der Waals surface area contributed by atoms with Gasteiger partial charge in [-0.1, -0.05) is 30.3 Å². The van der Waals surface area contributed by atoms with E-state index in [9.17, 15) is 0 Å². The van der Waals surface area contributed by atoms with Crippen molar-refractivity contribution in [3.05, 3.63) is 58.2 Å². The fraction of sp³-hybridized carbons (Fsp3) is 0.312. The summed E-state index contributed by atoms with van der Waals surface area (Å²) in [4.78, 5) is 7.06. The summed E-state index contributed by atoms with van der Waals surface area (Å²) >= 11 is 3.48. The summed E-state index contributed by atoms with van der Waals surface area (Å²) in [6.07, 6.45) is 4.46. The molecule has 1 fully saturated rings. The lowest BCUT2D eigenvalue weighted by Gasteiger charge is -2.25. The number of halogens is 1. The van der Waals surface area contributed by atoms with Crippen LogP contribution < -0.4 is 4.90 Å². The minimum absolute atomic E-state index is 0.660. The van der Waals surface area contributed by atoms with Gasteiger partial charge in [-0.05, 0) is 52.9 Å². The molecule has 0 bridgehead atoms. The van der Waals surface area contributed by atoms with Crippen LogP contribution >= 0.6 is 15.9 Å². The van der Waals surface area contributed by atoms with Crippen LogP contribution in [0.1, 0.15) is 24.0 Å². The Morgan fingerprint density at radius 3 is 2.63 bits per heavy atom. The first-order chi connectivity index (χ1) is 9.24. The van der Waals surface area contributed by atoms with Crippen LogP contribution in [0, 0.1) is 6.92 Å². The van der Waals surface area contributed by atoms with E-state index in [-0.39, 0.29) is 0 Å². The number of anilines is 1. The first-order valence-corrected chi connectivity index (χ1v) is 7.46. The molecular formula is C16H17BrN2. The number of nitrogens with zero attached hydrogens (tertiary/aromatic N) is 2. The first-order valence-electron chi connectivity index (χ1n) is 6.67. The monoisotopic (exact) mass is 316 g/mol. The molecule has 19 heavy (non-hydrogen) atoms. The number of rotatable bonds is 4. The highest BCUT2D eigenvalue weighted by atomic mass is 79.9. The van der Waals surface area contributed by atoms with E-state index in [1.54, 1.807) is 0 Å². The molecule has 0 amide bonds. The molecule has 3 heteroatoms. The van der Waals surface area contributed by atoms with Gasteiger partial charge < -0.3 is 4.90 Å². The van der Waals surface area contributed by atoms with Gasteiger partial charge in [0.15, 0.2) is 0 Å². The topological polar surface area (TPSA) is 16.1 Å². The van der Waals surface area contributed by atoms with Crippen molar-refractivity contribution >= 4 is 21.7 Å². The molecule has 1 heterocycles. The predicted molar refractivity (Wildman–Crippen MR) is 82.3 cm³/mol. The summed E-state index contributed by atoms with van der Waals surface area (Å²) in [5.41, 5.74) is 2.58. The Labute approximate surface area is 122 Å². The molecule has 0 spiro atoms. The third-order valence-electron chi connectivity index (χ3n) is 3.47. The second-order valence-electron chi connectivity index (χ2n) is 5.14. The summed E-state index contributed by atoms with van der Waals surface area (Å²) in [7, 11) is 0. The quantitative estimate of drug-likeness (QED) is 0.835. The van der Waals surface area contributed by atoms with Gasteiger partial charge >= 0.3 is 0 Å². The van der Waals surface area contributed by atoms with Crippen molar-refractivity contribution in [1.29, 1.82) is 0 Å². The van der Waals surface area contributed by atoms with Crippen molar-refractivity contribution in [3.63, 3.8) is 0 Å². The van der Waals surface area contributed by atoms with Crippen LogP contribution in [0.25, 0.3) is 0 Å². The maximum atomic E-state index is 4.61. The number of aryl methyl sites for hydroxylation is 1. The molecule has 0 N–H and O–H groups in total. The Hall–Kier alpha value is -1.35. The highest BCUT2D eigenvalue weighted by molar-refractivity contribution is 9.10. The molecule has 1 aliphatic rings. The average molecular weight is 317 g/mol. The van der Waals surface area contributed by atoms with Crippen molar-refractivity contribution in [2.24, 2.45) is 0 Å². The lowest BCUT2D eigenvalue weighted by Crippen LogP contribution is -2.26. The third kappa shape index (κ3) is 2.98. The zero-order valence-electron chi connectivity index (χ0n) is 11.0. The summed E-state index contributed by atoms with van der Waals surface area (Å²) in [6.45, 7) is 3.08. The molecule has 3 rings (SSSR count). The SMILES string of the molecule is Cc1cc(Br)cnc1N(Cc1ccccc1)C1CC1. The fourth-order valence-electron chi connectivity index (χ4n) is 2.38. The first kappa shape index (κ1) is 12.7. The molecule has 1 aromatic carbocycles. The van der Waals surface area contributed by atoms with Gasteiger partial charge in [-0.25, -0.2) is 4.98 Å². The number of hydrogen-bond acceptors (Lipinski definition) is 2. The Morgan fingerprint density at radius 2 is 2.00 bits per heavy atom. The summed E-state index contributed by atoms with van der Waals surface area (Å²) < 4.78 is 1.05. The molecule has 1 aromatic heterocycles. The van der Waals surface area contributed by atoms with E-state index >= 15 is 0 Å². The number of hydrogen-bond donors (Lipinski definition) is 0. The van der Waals surface area contributed by atoms with Crippen molar-refractivity contribution < 1.29 is 0 Å². The molecule has 0 radical (unpaired) electrons. The zero-order chi connectivity index (χ0) is 13.2. The number of pyridine rings is 1. The van der Waals surface area contributed by atoms with Crippen LogP contribution in [0.4, 0.5) is 5.82 Å². The van der Waals surface area contributed by atoms with Gasteiger partial charge in [0.25, 0.3) is 0 Å². The standard InChI is InChI=1S/C16H17BrN2/c1-12-9-14(17)10-18-16(12)19(15-7-8-15)11-13-5-3-2-4-6-13/h2-6,9-10,15H,7-8,11H2,1H3. The normalized spacial score (nSPS) is 14.4. The van der Waals surface area contributed by atoms with E-state index in [2.05, 4.69) is 69.1 Å². The van der Waals surface area contributed by atoms with E-state index in [0.717, 1.165) is 16.8 Å². The van der Waals surface area contributed by atoms with Gasteiger partial charge in [-0.2, -0.15) is 0 Å². The predicted octanol–water partition coefficient (Wildman–Crippen LogP) is 4.32. The van der Waals surface area contributed by atoms with Crippen molar-refractivity contribution in [2.45, 2.75) is 32.4 Å². The molecule has 0 saturated heterocycles. The van der Waals surface area contributed by atoms with E-state index in [4.69, 9.17) is 0 Å². The van der Waals surface area contributed by atoms with Crippen molar-refractivity contribution in [2.75, 3.05) is 4.90 Å². The van der Waals surface area contributed by atoms with Crippen LogP contribution in [-0.2, 0) is 6.54 Å². The van der Waals surface area contributed by atoms with Gasteiger partial charge in [0.2, 0.25) is 0 Å². The molecule has 1 aliphatic carbocycles. The summed E-state index contributed by atoms with van der Waals surface area (Å²) in [6, 6.07) is 13.4. The Morgan fingerprint density at radius 1 is 1.26 bits per heavy atom. The fourth-order valence-corrected chi connectivity index (χ4v) is 2.82. The van der Waals surface area contributed by atoms with E-state index in [1.165, 1.54) is 24.0 Å². The summed E-state index contributed by atoms with van der Waals surface area (Å²) in [5, 5.41) is 0. The lowest BCUT2D eigenvalue weighted by atomic mass is 10.2. The molecule has 0 atom stereocenters. The van der Waals surface area contributed by atoms with Gasteiger partial charge in [-0.3, -0.25) is 0 Å². The minimum Gasteiger partial charge on any atom is -0.349 e. The maximum absolute atomic E-state index is 4.61. The van der Waals surface area contributed by atoms with Gasteiger partial charge in [-0.15, -0.1) is 0 Å². The van der Waals surface area contributed by atoms with Crippen LogP contribution in [0.2, 0.25) is 0 Å². The van der Waals surface area contributed by atoms with Gasteiger partial charge in [0.1, 0.15) is 5.82 Å². The van der Waals surface area contributed by atoms with E-state index in [1.807, 2.05) is 6.20 Å². The van der Waals surface area contributed by atoms with Crippen LogP contribution in [-0.4, -0.2) is 11.0 Å². The summed E-state index contributed by atoms with van der Waals surface area (Å²) in [5.74, 6) is 1.12. The highest BCUT2D eigenvalue weighted by Gasteiger charge is 2.30. The van der Waals surface area contributed by atoms with E-state index in [0.29, 0.717) is 6.04 Å². The number of benzene rings is 1. The van der Waals surface area contributed by atoms with Crippen LogP contribution in [0.5, 0.6) is 0 Å². The molecule has 0 aliphatic heterocycles. The second-order valence-corrected chi connectivity index (χ2v) is 6.05. The van der Waals surface area contributed by atoms with Crippen LogP contribution in [0.15, 0.2) is 47.1 Å². The third-order valence-corrected chi connectivity index (χ3v) is 3.91. The molecule has 2 aromatic rings. The lowest BCUT2D eigenvalue weighted by molar-refractivity contribution is 0.773. The Kier molecular flexibility index (Phi) is 3.56. The van der Waals surface area contributed by atoms with E-state index < -0.39 is 0 Å². The largest absolute Gasteiger partial charge is 0.349 e. The molecule has 2 nitrogen and oxygen atoms in total. The average Bonchev–Trinajstić information content (AvgIpc) is 3.22. The van der Waals surface area contributed by atoms with Gasteiger partial charge in [0, 0.05) is 23.3 Å². The van der Waals surface area contributed by atoms with Crippen molar-refractivity contribution in [1.82, 2.24) is 4.98 Å². The Bertz CT molecular complexity index is 564. The Balaban J connectivity index is 1.89. The minimum atomic E-state index is 0.660. The smallest absolute Gasteiger partial charge is 0.132 e. The molecule has 98 valence electrons. The molecule has 0 unspecified atom stereocenters. The van der Waals surface area contributed by atoms with Gasteiger partial charge in [0.05, 0.1) is 0 Å². The highest BCUT2D eigenvalue weighted by Crippen LogP contribution is 2.34. The zero-order valence-corrected chi connectivity index (χ0v) is 12.6. The molecular weight excluding hydrogens is 300 g/mol. The number of aromatic nitrogens is 1.